The van der Waals surface area contributed by atoms with Crippen LogP contribution >= 0.6 is 15.9 Å². The number of hydrogen-bond acceptors (Lipinski definition) is 1. The van der Waals surface area contributed by atoms with E-state index in [-0.39, 0.29) is 0 Å². The Hall–Kier alpha value is -1.54. The van der Waals surface area contributed by atoms with Crippen LogP contribution in [0.5, 0.6) is 5.75 Å². The van der Waals surface area contributed by atoms with Crippen molar-refractivity contribution in [2.24, 2.45) is 0 Å². The fraction of sp³-hybridized carbons (Fsp3) is 0.364. The summed E-state index contributed by atoms with van der Waals surface area (Å²) in [6.45, 7) is 5.02. The number of allylic oxidation sites excluding steroid dienone is 2. The van der Waals surface area contributed by atoms with Crippen LogP contribution in [-0.2, 0) is 6.61 Å². The molecule has 2 rings (SSSR count). The molecule has 1 nitrogen and oxygen atoms in total. The fourth-order valence-electron chi connectivity index (χ4n) is 2.60. The van der Waals surface area contributed by atoms with Crippen molar-refractivity contribution < 1.29 is 4.74 Å². The highest BCUT2D eigenvalue weighted by Gasteiger charge is 2.05. The molecule has 0 aromatic heterocycles. The van der Waals surface area contributed by atoms with Gasteiger partial charge in [0.1, 0.15) is 12.4 Å². The van der Waals surface area contributed by atoms with E-state index in [1.807, 2.05) is 18.2 Å². The molecule has 0 radical (unpaired) electrons. The molecule has 0 aliphatic heterocycles. The maximum absolute atomic E-state index is 6.00. The van der Waals surface area contributed by atoms with Gasteiger partial charge in [-0.3, -0.25) is 0 Å². The predicted molar refractivity (Wildman–Crippen MR) is 107 cm³/mol. The van der Waals surface area contributed by atoms with Crippen LogP contribution in [-0.4, -0.2) is 0 Å². The smallest absolute Gasteiger partial charge is 0.134 e. The highest BCUT2D eigenvalue weighted by atomic mass is 79.9. The van der Waals surface area contributed by atoms with Crippen LogP contribution in [0.15, 0.2) is 59.1 Å². The number of benzene rings is 2. The van der Waals surface area contributed by atoms with Crippen LogP contribution in [0.3, 0.4) is 0 Å². The monoisotopic (exact) mass is 386 g/mol. The van der Waals surface area contributed by atoms with Gasteiger partial charge in [0.05, 0.1) is 4.47 Å². The number of ether oxygens (including phenoxy) is 1. The molecule has 0 bridgehead atoms. The first kappa shape index (κ1) is 18.8. The molecule has 2 aromatic carbocycles. The van der Waals surface area contributed by atoms with Crippen molar-refractivity contribution in [2.75, 3.05) is 0 Å². The van der Waals surface area contributed by atoms with Gasteiger partial charge in [-0.1, -0.05) is 68.7 Å². The van der Waals surface area contributed by atoms with E-state index in [4.69, 9.17) is 4.74 Å². The summed E-state index contributed by atoms with van der Waals surface area (Å²) in [6.07, 6.45) is 8.73. The van der Waals surface area contributed by atoms with Crippen molar-refractivity contribution >= 4 is 21.5 Å². The number of rotatable bonds is 9. The van der Waals surface area contributed by atoms with E-state index in [1.54, 1.807) is 0 Å². The molecule has 0 saturated carbocycles. The van der Waals surface area contributed by atoms with Gasteiger partial charge in [-0.25, -0.2) is 0 Å². The maximum Gasteiger partial charge on any atom is 0.134 e. The molecule has 2 heteroatoms. The Morgan fingerprint density at radius 1 is 1.04 bits per heavy atom. The Labute approximate surface area is 154 Å². The minimum atomic E-state index is 0.586. The summed E-state index contributed by atoms with van der Waals surface area (Å²) >= 11 is 3.59. The number of unbranched alkanes of at least 4 members (excludes halogenated alkanes) is 4. The van der Waals surface area contributed by atoms with E-state index in [0.29, 0.717) is 6.61 Å². The Balaban J connectivity index is 1.98. The van der Waals surface area contributed by atoms with E-state index in [2.05, 4.69) is 66.2 Å². The van der Waals surface area contributed by atoms with Gasteiger partial charge in [-0.2, -0.15) is 0 Å². The van der Waals surface area contributed by atoms with E-state index in [1.165, 1.54) is 42.4 Å². The summed E-state index contributed by atoms with van der Waals surface area (Å²) in [5.74, 6) is 0.898. The van der Waals surface area contributed by atoms with Crippen molar-refractivity contribution in [3.05, 3.63) is 70.2 Å². The Bertz CT molecular complexity index is 646. The summed E-state index contributed by atoms with van der Waals surface area (Å²) in [6, 6.07) is 16.6. The average molecular weight is 387 g/mol. The van der Waals surface area contributed by atoms with Gasteiger partial charge in [0.15, 0.2) is 0 Å². The first-order valence-electron chi connectivity index (χ1n) is 8.84. The van der Waals surface area contributed by atoms with Crippen LogP contribution < -0.4 is 4.74 Å². The standard InChI is InChI=1S/C22H27BrO/c1-3-4-5-6-8-11-18(2)20-14-15-21(23)22(16-20)24-17-19-12-9-7-10-13-19/h7,9-16H,3-6,8,17H2,1-2H3. The van der Waals surface area contributed by atoms with Crippen LogP contribution in [0.25, 0.3) is 5.57 Å². The van der Waals surface area contributed by atoms with Gasteiger partial charge in [-0.05, 0) is 64.5 Å². The normalized spacial score (nSPS) is 11.5. The molecule has 0 unspecified atom stereocenters. The highest BCUT2D eigenvalue weighted by Crippen LogP contribution is 2.29. The maximum atomic E-state index is 6.00. The van der Waals surface area contributed by atoms with Crippen LogP contribution in [0.1, 0.15) is 57.1 Å². The molecular formula is C22H27BrO. The molecule has 2 aromatic rings. The Kier molecular flexibility index (Phi) is 8.11. The van der Waals surface area contributed by atoms with Gasteiger partial charge in [0, 0.05) is 0 Å². The van der Waals surface area contributed by atoms with E-state index >= 15 is 0 Å². The molecule has 0 saturated heterocycles. The van der Waals surface area contributed by atoms with E-state index < -0.39 is 0 Å². The minimum absolute atomic E-state index is 0.586. The van der Waals surface area contributed by atoms with Gasteiger partial charge < -0.3 is 4.74 Å². The lowest BCUT2D eigenvalue weighted by Crippen LogP contribution is -1.96. The van der Waals surface area contributed by atoms with Crippen LogP contribution in [0, 0.1) is 0 Å². The van der Waals surface area contributed by atoms with Crippen LogP contribution in [0.4, 0.5) is 0 Å². The van der Waals surface area contributed by atoms with Crippen molar-refractivity contribution in [3.63, 3.8) is 0 Å². The summed E-state index contributed by atoms with van der Waals surface area (Å²) in [4.78, 5) is 0. The Morgan fingerprint density at radius 2 is 1.83 bits per heavy atom. The molecule has 0 aliphatic carbocycles. The molecule has 0 aliphatic rings. The zero-order valence-corrected chi connectivity index (χ0v) is 16.3. The molecular weight excluding hydrogens is 360 g/mol. The third-order valence-corrected chi connectivity index (χ3v) is 4.79. The zero-order chi connectivity index (χ0) is 17.2. The lowest BCUT2D eigenvalue weighted by Gasteiger charge is -2.11. The number of hydrogen-bond donors (Lipinski definition) is 0. The Morgan fingerprint density at radius 3 is 2.58 bits per heavy atom. The van der Waals surface area contributed by atoms with Gasteiger partial charge in [0.25, 0.3) is 0 Å². The summed E-state index contributed by atoms with van der Waals surface area (Å²) in [7, 11) is 0. The summed E-state index contributed by atoms with van der Waals surface area (Å²) in [5, 5.41) is 0. The SMILES string of the molecule is CCCCCCC=C(C)c1ccc(Br)c(OCc2ccccc2)c1. The second-order valence-electron chi connectivity index (χ2n) is 6.16. The van der Waals surface area contributed by atoms with Gasteiger partial charge >= 0.3 is 0 Å². The van der Waals surface area contributed by atoms with Crippen molar-refractivity contribution in [1.82, 2.24) is 0 Å². The molecule has 24 heavy (non-hydrogen) atoms. The molecule has 0 fully saturated rings. The van der Waals surface area contributed by atoms with Crippen LogP contribution in [0.2, 0.25) is 0 Å². The second-order valence-corrected chi connectivity index (χ2v) is 7.01. The summed E-state index contributed by atoms with van der Waals surface area (Å²) in [5.41, 5.74) is 3.73. The highest BCUT2D eigenvalue weighted by molar-refractivity contribution is 9.10. The van der Waals surface area contributed by atoms with E-state index in [0.717, 1.165) is 16.6 Å². The van der Waals surface area contributed by atoms with Crippen molar-refractivity contribution in [1.29, 1.82) is 0 Å². The number of halogens is 1. The molecule has 0 N–H and O–H groups in total. The third kappa shape index (κ3) is 6.16. The van der Waals surface area contributed by atoms with Gasteiger partial charge in [0.2, 0.25) is 0 Å². The lowest BCUT2D eigenvalue weighted by molar-refractivity contribution is 0.304. The second kappa shape index (κ2) is 10.4. The first-order chi connectivity index (χ1) is 11.7. The topological polar surface area (TPSA) is 9.23 Å². The molecule has 0 atom stereocenters. The lowest BCUT2D eigenvalue weighted by atomic mass is 10.0. The molecule has 128 valence electrons. The largest absolute Gasteiger partial charge is 0.488 e. The fourth-order valence-corrected chi connectivity index (χ4v) is 2.96. The predicted octanol–water partition coefficient (Wildman–Crippen LogP) is 7.40. The molecule has 0 amide bonds. The minimum Gasteiger partial charge on any atom is -0.488 e. The van der Waals surface area contributed by atoms with Crippen molar-refractivity contribution in [3.8, 4) is 5.75 Å². The third-order valence-electron chi connectivity index (χ3n) is 4.13. The average Bonchev–Trinajstić information content (AvgIpc) is 2.61. The van der Waals surface area contributed by atoms with Gasteiger partial charge in [-0.15, -0.1) is 0 Å². The zero-order valence-electron chi connectivity index (χ0n) is 14.7. The van der Waals surface area contributed by atoms with E-state index in [9.17, 15) is 0 Å². The summed E-state index contributed by atoms with van der Waals surface area (Å²) < 4.78 is 7.00. The quantitative estimate of drug-likeness (QED) is 0.407. The molecule has 0 spiro atoms. The first-order valence-corrected chi connectivity index (χ1v) is 9.63. The van der Waals surface area contributed by atoms with Crippen molar-refractivity contribution in [2.45, 2.75) is 52.6 Å². The molecule has 0 heterocycles.